The van der Waals surface area contributed by atoms with Crippen LogP contribution < -0.4 is 4.90 Å². The number of benzene rings is 1. The number of nitrogens with zero attached hydrogens (tertiary/aromatic N) is 3. The van der Waals surface area contributed by atoms with E-state index in [9.17, 15) is 9.18 Å². The van der Waals surface area contributed by atoms with Crippen LogP contribution >= 0.6 is 0 Å². The quantitative estimate of drug-likeness (QED) is 0.786. The number of hydrogen-bond acceptors (Lipinski definition) is 3. The molecule has 0 bridgehead atoms. The van der Waals surface area contributed by atoms with Crippen LogP contribution in [-0.2, 0) is 6.42 Å². The highest BCUT2D eigenvalue weighted by Gasteiger charge is 2.24. The SMILES string of the molecule is O=C(c1cnccn1)N1CCCc2cc(F)ccc21. The van der Waals surface area contributed by atoms with Gasteiger partial charge in [-0.2, -0.15) is 0 Å². The zero-order valence-electron chi connectivity index (χ0n) is 10.2. The fourth-order valence-corrected chi connectivity index (χ4v) is 2.32. The van der Waals surface area contributed by atoms with E-state index in [-0.39, 0.29) is 11.7 Å². The molecule has 1 aromatic heterocycles. The molecular weight excluding hydrogens is 245 g/mol. The van der Waals surface area contributed by atoms with Crippen molar-refractivity contribution in [3.63, 3.8) is 0 Å². The van der Waals surface area contributed by atoms with Crippen LogP contribution in [0.3, 0.4) is 0 Å². The lowest BCUT2D eigenvalue weighted by molar-refractivity contribution is 0.0980. The first-order chi connectivity index (χ1) is 9.25. The molecule has 0 N–H and O–H groups in total. The van der Waals surface area contributed by atoms with E-state index in [1.54, 1.807) is 11.0 Å². The Morgan fingerprint density at radius 1 is 1.32 bits per heavy atom. The van der Waals surface area contributed by atoms with Crippen molar-refractivity contribution < 1.29 is 9.18 Å². The molecule has 96 valence electrons. The molecule has 3 rings (SSSR count). The first-order valence-electron chi connectivity index (χ1n) is 6.12. The van der Waals surface area contributed by atoms with Crippen LogP contribution in [0.4, 0.5) is 10.1 Å². The smallest absolute Gasteiger partial charge is 0.278 e. The minimum absolute atomic E-state index is 0.194. The topological polar surface area (TPSA) is 46.1 Å². The Hall–Kier alpha value is -2.30. The summed E-state index contributed by atoms with van der Waals surface area (Å²) in [5, 5.41) is 0. The van der Waals surface area contributed by atoms with E-state index in [0.29, 0.717) is 12.2 Å². The van der Waals surface area contributed by atoms with Crippen molar-refractivity contribution >= 4 is 11.6 Å². The number of aryl methyl sites for hydroxylation is 1. The molecule has 2 heterocycles. The highest BCUT2D eigenvalue weighted by Crippen LogP contribution is 2.28. The van der Waals surface area contributed by atoms with Crippen molar-refractivity contribution in [2.75, 3.05) is 11.4 Å². The number of rotatable bonds is 1. The Balaban J connectivity index is 1.98. The maximum absolute atomic E-state index is 13.2. The van der Waals surface area contributed by atoms with Crippen LogP contribution in [-0.4, -0.2) is 22.4 Å². The van der Waals surface area contributed by atoms with E-state index in [4.69, 9.17) is 0 Å². The zero-order valence-corrected chi connectivity index (χ0v) is 10.2. The summed E-state index contributed by atoms with van der Waals surface area (Å²) in [6.07, 6.45) is 6.07. The Labute approximate surface area is 109 Å². The van der Waals surface area contributed by atoms with Crippen molar-refractivity contribution in [2.45, 2.75) is 12.8 Å². The molecule has 19 heavy (non-hydrogen) atoms. The molecule has 0 aliphatic carbocycles. The van der Waals surface area contributed by atoms with Gasteiger partial charge in [-0.3, -0.25) is 9.78 Å². The van der Waals surface area contributed by atoms with Gasteiger partial charge in [0.2, 0.25) is 0 Å². The Bertz CT molecular complexity index is 615. The molecule has 0 saturated carbocycles. The number of fused-ring (bicyclic) bond motifs is 1. The summed E-state index contributed by atoms with van der Waals surface area (Å²) in [4.78, 5) is 21.9. The number of anilines is 1. The van der Waals surface area contributed by atoms with E-state index < -0.39 is 0 Å². The number of hydrogen-bond donors (Lipinski definition) is 0. The molecule has 0 radical (unpaired) electrons. The van der Waals surface area contributed by atoms with Crippen LogP contribution in [0.5, 0.6) is 0 Å². The zero-order chi connectivity index (χ0) is 13.2. The van der Waals surface area contributed by atoms with E-state index in [2.05, 4.69) is 9.97 Å². The third kappa shape index (κ3) is 2.19. The van der Waals surface area contributed by atoms with E-state index >= 15 is 0 Å². The highest BCUT2D eigenvalue weighted by molar-refractivity contribution is 6.05. The highest BCUT2D eigenvalue weighted by atomic mass is 19.1. The van der Waals surface area contributed by atoms with Crippen molar-refractivity contribution in [3.8, 4) is 0 Å². The summed E-state index contributed by atoms with van der Waals surface area (Å²) in [5.74, 6) is -0.465. The molecule has 0 fully saturated rings. The van der Waals surface area contributed by atoms with E-state index in [1.165, 1.54) is 30.7 Å². The molecule has 5 heteroatoms. The number of halogens is 1. The summed E-state index contributed by atoms with van der Waals surface area (Å²) in [5.41, 5.74) is 1.94. The monoisotopic (exact) mass is 257 g/mol. The standard InChI is InChI=1S/C14H12FN3O/c15-11-3-4-13-10(8-11)2-1-7-18(13)14(19)12-9-16-5-6-17-12/h3-6,8-9H,1-2,7H2. The van der Waals surface area contributed by atoms with Crippen molar-refractivity contribution in [2.24, 2.45) is 0 Å². The van der Waals surface area contributed by atoms with Crippen LogP contribution in [0.15, 0.2) is 36.8 Å². The van der Waals surface area contributed by atoms with Gasteiger partial charge in [0.1, 0.15) is 11.5 Å². The molecule has 1 aliphatic heterocycles. The number of carbonyl (C=O) groups excluding carboxylic acids is 1. The predicted octanol–water partition coefficient (Wildman–Crippen LogP) is 2.21. The van der Waals surface area contributed by atoms with Crippen molar-refractivity contribution in [1.29, 1.82) is 0 Å². The molecular formula is C14H12FN3O. The maximum atomic E-state index is 13.2. The van der Waals surface area contributed by atoms with Gasteiger partial charge >= 0.3 is 0 Å². The average molecular weight is 257 g/mol. The summed E-state index contributed by atoms with van der Waals surface area (Å²) in [7, 11) is 0. The molecule has 1 aliphatic rings. The van der Waals surface area contributed by atoms with Crippen LogP contribution in [0, 0.1) is 5.82 Å². The average Bonchev–Trinajstić information content (AvgIpc) is 2.46. The van der Waals surface area contributed by atoms with Crippen LogP contribution in [0.1, 0.15) is 22.5 Å². The number of carbonyl (C=O) groups is 1. The second-order valence-corrected chi connectivity index (χ2v) is 4.42. The second kappa shape index (κ2) is 4.76. The summed E-state index contributed by atoms with van der Waals surface area (Å²) in [6.45, 7) is 0.619. The third-order valence-electron chi connectivity index (χ3n) is 3.19. The molecule has 1 amide bonds. The normalized spacial score (nSPS) is 14.1. The molecule has 0 unspecified atom stereocenters. The van der Waals surface area contributed by atoms with Crippen LogP contribution in [0.25, 0.3) is 0 Å². The largest absolute Gasteiger partial charge is 0.307 e. The van der Waals surface area contributed by atoms with Gasteiger partial charge in [-0.1, -0.05) is 0 Å². The minimum Gasteiger partial charge on any atom is -0.307 e. The molecule has 0 saturated heterocycles. The fraction of sp³-hybridized carbons (Fsp3) is 0.214. The Kier molecular flexibility index (Phi) is 2.95. The fourth-order valence-electron chi connectivity index (χ4n) is 2.32. The van der Waals surface area contributed by atoms with Gasteiger partial charge in [0.25, 0.3) is 5.91 Å². The lowest BCUT2D eigenvalue weighted by Crippen LogP contribution is -2.36. The molecule has 1 aromatic carbocycles. The van der Waals surface area contributed by atoms with E-state index in [0.717, 1.165) is 24.1 Å². The molecule has 2 aromatic rings. The Morgan fingerprint density at radius 2 is 2.21 bits per heavy atom. The molecule has 4 nitrogen and oxygen atoms in total. The maximum Gasteiger partial charge on any atom is 0.278 e. The van der Waals surface area contributed by atoms with Crippen LogP contribution in [0.2, 0.25) is 0 Å². The van der Waals surface area contributed by atoms with Crippen molar-refractivity contribution in [3.05, 3.63) is 53.9 Å². The minimum atomic E-state index is -0.271. The molecule has 0 atom stereocenters. The van der Waals surface area contributed by atoms with Gasteiger partial charge in [0.05, 0.1) is 6.20 Å². The second-order valence-electron chi connectivity index (χ2n) is 4.42. The predicted molar refractivity (Wildman–Crippen MR) is 68.4 cm³/mol. The number of aromatic nitrogens is 2. The van der Waals surface area contributed by atoms with Gasteiger partial charge in [-0.15, -0.1) is 0 Å². The van der Waals surface area contributed by atoms with Gasteiger partial charge in [-0.25, -0.2) is 9.37 Å². The van der Waals surface area contributed by atoms with Gasteiger partial charge in [0, 0.05) is 24.6 Å². The first-order valence-corrected chi connectivity index (χ1v) is 6.12. The molecule has 0 spiro atoms. The Morgan fingerprint density at radius 3 is 3.00 bits per heavy atom. The van der Waals surface area contributed by atoms with Crippen molar-refractivity contribution in [1.82, 2.24) is 9.97 Å². The van der Waals surface area contributed by atoms with E-state index in [1.807, 2.05) is 0 Å². The summed E-state index contributed by atoms with van der Waals surface area (Å²) in [6, 6.07) is 4.52. The summed E-state index contributed by atoms with van der Waals surface area (Å²) >= 11 is 0. The lowest BCUT2D eigenvalue weighted by Gasteiger charge is -2.29. The van der Waals surface area contributed by atoms with Gasteiger partial charge < -0.3 is 4.90 Å². The van der Waals surface area contributed by atoms with Gasteiger partial charge in [-0.05, 0) is 36.6 Å². The third-order valence-corrected chi connectivity index (χ3v) is 3.19. The number of amides is 1. The van der Waals surface area contributed by atoms with Gasteiger partial charge in [0.15, 0.2) is 0 Å². The lowest BCUT2D eigenvalue weighted by atomic mass is 10.0. The first kappa shape index (κ1) is 11.8. The summed E-state index contributed by atoms with van der Waals surface area (Å²) < 4.78 is 13.2.